The minimum absolute atomic E-state index is 0.0196. The van der Waals surface area contributed by atoms with Crippen LogP contribution in [0.1, 0.15) is 25.5 Å². The van der Waals surface area contributed by atoms with E-state index in [0.717, 1.165) is 21.6 Å². The van der Waals surface area contributed by atoms with Gasteiger partial charge in [-0.1, -0.05) is 53.8 Å². The highest BCUT2D eigenvalue weighted by atomic mass is 32.2. The lowest BCUT2D eigenvalue weighted by atomic mass is 10.2. The third-order valence-electron chi connectivity index (χ3n) is 5.95. The smallest absolute Gasteiger partial charge is 0.308 e. The number of nitrogens with zero attached hydrogens (tertiary/aromatic N) is 2. The Kier molecular flexibility index (Phi) is 6.31. The van der Waals surface area contributed by atoms with Crippen LogP contribution < -0.4 is 19.2 Å². The van der Waals surface area contributed by atoms with Gasteiger partial charge < -0.3 is 10.1 Å². The Morgan fingerprint density at radius 2 is 1.81 bits per heavy atom. The van der Waals surface area contributed by atoms with Gasteiger partial charge in [0, 0.05) is 11.7 Å². The number of para-hydroxylation sites is 2. The van der Waals surface area contributed by atoms with Crippen LogP contribution in [0.2, 0.25) is 0 Å². The molecule has 2 heterocycles. The zero-order valence-corrected chi connectivity index (χ0v) is 21.4. The molecule has 0 radical (unpaired) electrons. The van der Waals surface area contributed by atoms with Gasteiger partial charge in [0.25, 0.3) is 5.91 Å². The Bertz CT molecular complexity index is 1590. The van der Waals surface area contributed by atoms with Gasteiger partial charge >= 0.3 is 4.87 Å². The number of nitrogens with one attached hydrogen (secondary N) is 1. The number of benzene rings is 3. The zero-order chi connectivity index (χ0) is 25.4. The second kappa shape index (κ2) is 9.44. The van der Waals surface area contributed by atoms with Gasteiger partial charge in [-0.05, 0) is 49.7 Å². The molecule has 5 rings (SSSR count). The van der Waals surface area contributed by atoms with E-state index >= 15 is 0 Å². The van der Waals surface area contributed by atoms with Crippen molar-refractivity contribution in [1.82, 2.24) is 4.57 Å². The molecular weight excluding hydrogens is 498 g/mol. The van der Waals surface area contributed by atoms with Gasteiger partial charge in [-0.25, -0.2) is 8.42 Å². The van der Waals surface area contributed by atoms with Crippen molar-refractivity contribution in [2.24, 2.45) is 0 Å². The van der Waals surface area contributed by atoms with E-state index in [9.17, 15) is 18.0 Å². The Hall–Kier alpha value is -3.63. The highest BCUT2D eigenvalue weighted by Gasteiger charge is 2.36. The summed E-state index contributed by atoms with van der Waals surface area (Å²) in [7, 11) is -3.79. The Balaban J connectivity index is 1.41. The van der Waals surface area contributed by atoms with Gasteiger partial charge in [0.1, 0.15) is 5.75 Å². The van der Waals surface area contributed by atoms with E-state index < -0.39 is 22.0 Å². The predicted octanol–water partition coefficient (Wildman–Crippen LogP) is 4.38. The molecule has 10 heteroatoms. The number of sulfonamides is 1. The molecule has 0 saturated carbocycles. The number of thiazole rings is 1. The molecule has 1 aliphatic heterocycles. The summed E-state index contributed by atoms with van der Waals surface area (Å²) >= 11 is 1.12. The van der Waals surface area contributed by atoms with E-state index in [1.54, 1.807) is 71.3 Å². The molecule has 186 valence electrons. The van der Waals surface area contributed by atoms with Crippen LogP contribution in [0.15, 0.2) is 77.6 Å². The molecule has 0 aliphatic carbocycles. The van der Waals surface area contributed by atoms with E-state index in [1.807, 2.05) is 19.9 Å². The summed E-state index contributed by atoms with van der Waals surface area (Å²) in [6, 6.07) is 21.0. The topological polar surface area (TPSA) is 97.7 Å². The predicted molar refractivity (Wildman–Crippen MR) is 142 cm³/mol. The fraction of sp³-hybridized carbons (Fsp3) is 0.231. The van der Waals surface area contributed by atoms with E-state index in [0.29, 0.717) is 22.7 Å². The summed E-state index contributed by atoms with van der Waals surface area (Å²) in [4.78, 5) is 25.5. The maximum Gasteiger partial charge on any atom is 0.308 e. The average molecular weight is 524 g/mol. The number of ether oxygens (including phenoxy) is 1. The van der Waals surface area contributed by atoms with Crippen molar-refractivity contribution in [3.8, 4) is 5.75 Å². The summed E-state index contributed by atoms with van der Waals surface area (Å²) in [5.41, 5.74) is 2.37. The molecule has 0 saturated heterocycles. The molecule has 1 N–H and O–H groups in total. The van der Waals surface area contributed by atoms with Crippen molar-refractivity contribution < 1.29 is 17.9 Å². The Morgan fingerprint density at radius 3 is 2.56 bits per heavy atom. The van der Waals surface area contributed by atoms with Crippen LogP contribution in [0.25, 0.3) is 10.2 Å². The fourth-order valence-corrected chi connectivity index (χ4v) is 6.93. The van der Waals surface area contributed by atoms with Gasteiger partial charge in [-0.3, -0.25) is 18.5 Å². The van der Waals surface area contributed by atoms with E-state index in [-0.39, 0.29) is 23.2 Å². The fourth-order valence-electron chi connectivity index (χ4n) is 4.29. The first-order chi connectivity index (χ1) is 17.2. The van der Waals surface area contributed by atoms with Crippen molar-refractivity contribution in [2.45, 2.75) is 31.7 Å². The molecule has 4 aromatic rings. The van der Waals surface area contributed by atoms with Crippen molar-refractivity contribution in [3.63, 3.8) is 0 Å². The molecule has 3 aromatic carbocycles. The first-order valence-corrected chi connectivity index (χ1v) is 13.9. The molecule has 1 amide bonds. The quantitative estimate of drug-likeness (QED) is 0.405. The van der Waals surface area contributed by atoms with Crippen molar-refractivity contribution in [2.75, 3.05) is 16.2 Å². The van der Waals surface area contributed by atoms with Gasteiger partial charge in [-0.15, -0.1) is 0 Å². The average Bonchev–Trinajstić information content (AvgIpc) is 3.18. The maximum absolute atomic E-state index is 13.4. The normalized spacial score (nSPS) is 15.5. The molecule has 1 aromatic heterocycles. The number of fused-ring (bicyclic) bond motifs is 2. The van der Waals surface area contributed by atoms with E-state index in [4.69, 9.17) is 4.74 Å². The minimum atomic E-state index is -3.79. The largest absolute Gasteiger partial charge is 0.476 e. The van der Waals surface area contributed by atoms with E-state index in [1.165, 1.54) is 4.31 Å². The first kappa shape index (κ1) is 24.1. The second-order valence-corrected chi connectivity index (χ2v) is 11.7. The maximum atomic E-state index is 13.4. The molecule has 1 atom stereocenters. The van der Waals surface area contributed by atoms with Crippen LogP contribution >= 0.6 is 11.3 Å². The van der Waals surface area contributed by atoms with Crippen LogP contribution in [0.4, 0.5) is 11.4 Å². The van der Waals surface area contributed by atoms with Crippen LogP contribution in [0, 0.1) is 0 Å². The number of hydrogen-bond acceptors (Lipinski definition) is 6. The van der Waals surface area contributed by atoms with E-state index in [2.05, 4.69) is 5.32 Å². The van der Waals surface area contributed by atoms with Crippen molar-refractivity contribution in [3.05, 3.63) is 88.0 Å². The lowest BCUT2D eigenvalue weighted by molar-refractivity contribution is -0.122. The zero-order valence-electron chi connectivity index (χ0n) is 19.7. The molecule has 8 nitrogen and oxygen atoms in total. The SMILES string of the molecule is CC(C)n1c(=O)sc2cc(NC(=O)C3CN(S(=O)(=O)Cc4ccccc4)c4ccccc4O3)ccc21. The van der Waals surface area contributed by atoms with Crippen LogP contribution in [-0.4, -0.2) is 31.5 Å². The molecule has 1 aliphatic rings. The van der Waals surface area contributed by atoms with Crippen molar-refractivity contribution in [1.29, 1.82) is 0 Å². The number of amides is 1. The minimum Gasteiger partial charge on any atom is -0.476 e. The summed E-state index contributed by atoms with van der Waals surface area (Å²) < 4.78 is 36.4. The Labute approximate surface area is 212 Å². The summed E-state index contributed by atoms with van der Waals surface area (Å²) in [5, 5.41) is 2.82. The number of anilines is 2. The molecule has 0 bridgehead atoms. The third kappa shape index (κ3) is 4.61. The van der Waals surface area contributed by atoms with Crippen molar-refractivity contribution >= 4 is 48.9 Å². The number of aromatic nitrogens is 1. The number of rotatable bonds is 6. The molecule has 36 heavy (non-hydrogen) atoms. The van der Waals surface area contributed by atoms with Crippen LogP contribution in [0.3, 0.4) is 0 Å². The van der Waals surface area contributed by atoms with Crippen LogP contribution in [0.5, 0.6) is 5.75 Å². The monoisotopic (exact) mass is 523 g/mol. The lowest BCUT2D eigenvalue weighted by Crippen LogP contribution is -2.49. The third-order valence-corrected chi connectivity index (χ3v) is 8.59. The molecular formula is C26H25N3O5S2. The molecule has 0 spiro atoms. The van der Waals surface area contributed by atoms with Gasteiger partial charge in [0.05, 0.1) is 28.2 Å². The summed E-state index contributed by atoms with van der Waals surface area (Å²) in [6.07, 6.45) is -1.06. The second-order valence-electron chi connectivity index (χ2n) is 8.85. The Morgan fingerprint density at radius 1 is 1.08 bits per heavy atom. The van der Waals surface area contributed by atoms with Gasteiger partial charge in [0.2, 0.25) is 10.0 Å². The van der Waals surface area contributed by atoms with Crippen LogP contribution in [-0.2, 0) is 20.6 Å². The number of carbonyl (C=O) groups is 1. The number of carbonyl (C=O) groups excluding carboxylic acids is 1. The molecule has 1 unspecified atom stereocenters. The van der Waals surface area contributed by atoms with Gasteiger partial charge in [-0.2, -0.15) is 0 Å². The highest BCUT2D eigenvalue weighted by Crippen LogP contribution is 2.36. The highest BCUT2D eigenvalue weighted by molar-refractivity contribution is 7.92. The number of hydrogen-bond donors (Lipinski definition) is 1. The first-order valence-electron chi connectivity index (χ1n) is 11.5. The lowest BCUT2D eigenvalue weighted by Gasteiger charge is -2.34. The standard InChI is InChI=1S/C26H25N3O5S2/c1-17(2)29-21-13-12-19(14-24(21)35-26(29)31)27-25(30)23-15-28(20-10-6-7-11-22(20)34-23)36(32,33)16-18-8-4-3-5-9-18/h3-14,17,23H,15-16H2,1-2H3,(H,27,30). The summed E-state index contributed by atoms with van der Waals surface area (Å²) in [6.45, 7) is 3.73. The summed E-state index contributed by atoms with van der Waals surface area (Å²) in [5.74, 6) is -0.346. The molecule has 0 fully saturated rings. The van der Waals surface area contributed by atoms with Gasteiger partial charge in [0.15, 0.2) is 6.10 Å².